The minimum Gasteiger partial charge on any atom is -0.497 e. The molecule has 0 atom stereocenters. The van der Waals surface area contributed by atoms with Crippen LogP contribution in [0.25, 0.3) is 0 Å². The number of nitrogens with two attached hydrogens (primary N) is 1. The highest BCUT2D eigenvalue weighted by Crippen LogP contribution is 2.23. The number of hydrogen-bond donors (Lipinski definition) is 1. The van der Waals surface area contributed by atoms with Gasteiger partial charge in [0, 0.05) is 16.5 Å². The molecule has 0 unspecified atom stereocenters. The van der Waals surface area contributed by atoms with Crippen molar-refractivity contribution in [2.24, 2.45) is 0 Å². The van der Waals surface area contributed by atoms with Crippen molar-refractivity contribution in [3.05, 3.63) is 57.6 Å². The minimum atomic E-state index is 0.666. The van der Waals surface area contributed by atoms with Crippen molar-refractivity contribution in [1.29, 1.82) is 0 Å². The van der Waals surface area contributed by atoms with Gasteiger partial charge in [0.1, 0.15) is 18.0 Å². The van der Waals surface area contributed by atoms with Gasteiger partial charge in [-0.1, -0.05) is 29.3 Å². The molecule has 0 amide bonds. The van der Waals surface area contributed by atoms with Crippen molar-refractivity contribution in [2.75, 3.05) is 20.8 Å². The van der Waals surface area contributed by atoms with Gasteiger partial charge in [-0.3, -0.25) is 0 Å². The van der Waals surface area contributed by atoms with Crippen molar-refractivity contribution >= 4 is 23.2 Å². The molecule has 0 saturated carbocycles. The molecule has 2 aromatic carbocycles. The quantitative estimate of drug-likeness (QED) is 0.784. The van der Waals surface area contributed by atoms with E-state index in [1.807, 2.05) is 30.3 Å². The van der Waals surface area contributed by atoms with Gasteiger partial charge in [0.2, 0.25) is 0 Å². The molecule has 0 heterocycles. The van der Waals surface area contributed by atoms with Gasteiger partial charge in [0.25, 0.3) is 0 Å². The Bertz CT molecular complexity index is 632. The zero-order chi connectivity index (χ0) is 15.9. The first-order valence-electron chi connectivity index (χ1n) is 7.10. The van der Waals surface area contributed by atoms with E-state index in [0.29, 0.717) is 5.02 Å². The highest BCUT2D eigenvalue weighted by molar-refractivity contribution is 6.35. The highest BCUT2D eigenvalue weighted by atomic mass is 35.5. The van der Waals surface area contributed by atoms with Crippen LogP contribution in [0.2, 0.25) is 10.0 Å². The normalized spacial score (nSPS) is 10.5. The summed E-state index contributed by atoms with van der Waals surface area (Å²) in [5.74, 6) is 1.71. The summed E-state index contributed by atoms with van der Waals surface area (Å²) in [5.41, 5.74) is 2.23. The molecule has 2 N–H and O–H groups in total. The lowest BCUT2D eigenvalue weighted by Crippen LogP contribution is -2.83. The van der Waals surface area contributed by atoms with E-state index < -0.39 is 0 Å². The molecule has 0 spiro atoms. The maximum Gasteiger partial charge on any atom is 0.127 e. The zero-order valence-corrected chi connectivity index (χ0v) is 14.2. The summed E-state index contributed by atoms with van der Waals surface area (Å²) in [6.07, 6.45) is 0.891. The van der Waals surface area contributed by atoms with Crippen LogP contribution in [-0.4, -0.2) is 20.8 Å². The fraction of sp³-hybridized carbons (Fsp3) is 0.294. The van der Waals surface area contributed by atoms with Gasteiger partial charge < -0.3 is 14.8 Å². The van der Waals surface area contributed by atoms with E-state index in [2.05, 4.69) is 5.32 Å². The van der Waals surface area contributed by atoms with Gasteiger partial charge in [-0.2, -0.15) is 0 Å². The molecule has 2 rings (SSSR count). The maximum atomic E-state index is 6.18. The van der Waals surface area contributed by atoms with Crippen LogP contribution in [0.3, 0.4) is 0 Å². The van der Waals surface area contributed by atoms with Crippen LogP contribution in [-0.2, 0) is 13.0 Å². The number of quaternary nitrogens is 1. The molecule has 22 heavy (non-hydrogen) atoms. The van der Waals surface area contributed by atoms with Gasteiger partial charge in [0.15, 0.2) is 0 Å². The van der Waals surface area contributed by atoms with Gasteiger partial charge in [-0.15, -0.1) is 0 Å². The van der Waals surface area contributed by atoms with Crippen LogP contribution in [0.1, 0.15) is 11.1 Å². The number of benzene rings is 2. The summed E-state index contributed by atoms with van der Waals surface area (Å²) >= 11 is 12.1. The van der Waals surface area contributed by atoms with E-state index in [0.717, 1.165) is 47.2 Å². The van der Waals surface area contributed by atoms with E-state index >= 15 is 0 Å². The smallest absolute Gasteiger partial charge is 0.127 e. The van der Waals surface area contributed by atoms with Gasteiger partial charge in [0.05, 0.1) is 26.3 Å². The molecule has 0 radical (unpaired) electrons. The number of ether oxygens (including phenoxy) is 2. The van der Waals surface area contributed by atoms with Crippen LogP contribution in [0.4, 0.5) is 0 Å². The van der Waals surface area contributed by atoms with Crippen molar-refractivity contribution in [2.45, 2.75) is 13.0 Å². The Kier molecular flexibility index (Phi) is 6.37. The van der Waals surface area contributed by atoms with Crippen LogP contribution < -0.4 is 14.8 Å². The Labute approximate surface area is 141 Å². The summed E-state index contributed by atoms with van der Waals surface area (Å²) < 4.78 is 10.6. The van der Waals surface area contributed by atoms with E-state index in [9.17, 15) is 0 Å². The summed E-state index contributed by atoms with van der Waals surface area (Å²) in [5, 5.41) is 3.61. The second-order valence-electron chi connectivity index (χ2n) is 4.94. The molecule has 0 bridgehead atoms. The molecular weight excluding hydrogens is 321 g/mol. The number of halogens is 2. The molecular formula is C17H20Cl2NO2+. The second-order valence-corrected chi connectivity index (χ2v) is 5.79. The van der Waals surface area contributed by atoms with Crippen LogP contribution >= 0.6 is 23.2 Å². The summed E-state index contributed by atoms with van der Waals surface area (Å²) in [6.45, 7) is 1.76. The lowest BCUT2D eigenvalue weighted by atomic mass is 10.1. The predicted octanol–water partition coefficient (Wildman–Crippen LogP) is 3.32. The SMILES string of the molecule is COc1ccc(OC)c(C[NH2+]CCc2ccc(Cl)cc2Cl)c1. The lowest BCUT2D eigenvalue weighted by Gasteiger charge is -2.10. The van der Waals surface area contributed by atoms with E-state index in [4.69, 9.17) is 32.7 Å². The Morgan fingerprint density at radius 2 is 1.77 bits per heavy atom. The summed E-state index contributed by atoms with van der Waals surface area (Å²) in [6, 6.07) is 11.5. The van der Waals surface area contributed by atoms with Crippen molar-refractivity contribution in [3.8, 4) is 11.5 Å². The Morgan fingerprint density at radius 3 is 2.45 bits per heavy atom. The summed E-state index contributed by atoms with van der Waals surface area (Å²) in [4.78, 5) is 0. The number of rotatable bonds is 7. The molecule has 0 aliphatic carbocycles. The standard InChI is InChI=1S/C17H19Cl2NO2/c1-21-15-5-6-17(22-2)13(9-15)11-20-8-7-12-3-4-14(18)10-16(12)19/h3-6,9-10,20H,7-8,11H2,1-2H3/p+1. The van der Waals surface area contributed by atoms with Gasteiger partial charge >= 0.3 is 0 Å². The third-order valence-corrected chi connectivity index (χ3v) is 4.07. The predicted molar refractivity (Wildman–Crippen MR) is 90.2 cm³/mol. The third-order valence-electron chi connectivity index (χ3n) is 3.48. The van der Waals surface area contributed by atoms with Crippen LogP contribution in [0.15, 0.2) is 36.4 Å². The van der Waals surface area contributed by atoms with Gasteiger partial charge in [-0.25, -0.2) is 0 Å². The van der Waals surface area contributed by atoms with Crippen molar-refractivity contribution in [3.63, 3.8) is 0 Å². The average molecular weight is 341 g/mol. The molecule has 2 aromatic rings. The lowest BCUT2D eigenvalue weighted by molar-refractivity contribution is -0.670. The highest BCUT2D eigenvalue weighted by Gasteiger charge is 2.07. The van der Waals surface area contributed by atoms with Crippen molar-refractivity contribution < 1.29 is 14.8 Å². The van der Waals surface area contributed by atoms with E-state index in [1.54, 1.807) is 20.3 Å². The minimum absolute atomic E-state index is 0.666. The number of methoxy groups -OCH3 is 2. The first kappa shape index (κ1) is 16.9. The molecule has 118 valence electrons. The topological polar surface area (TPSA) is 35.1 Å². The average Bonchev–Trinajstić information content (AvgIpc) is 2.53. The van der Waals surface area contributed by atoms with Gasteiger partial charge in [-0.05, 0) is 35.9 Å². The molecule has 3 nitrogen and oxygen atoms in total. The monoisotopic (exact) mass is 340 g/mol. The van der Waals surface area contributed by atoms with E-state index in [1.165, 1.54) is 0 Å². The second kappa shape index (κ2) is 8.28. The number of hydrogen-bond acceptors (Lipinski definition) is 2. The molecule has 0 fully saturated rings. The summed E-state index contributed by atoms with van der Waals surface area (Å²) in [7, 11) is 3.34. The zero-order valence-electron chi connectivity index (χ0n) is 12.7. The Balaban J connectivity index is 1.91. The third kappa shape index (κ3) is 4.54. The van der Waals surface area contributed by atoms with E-state index in [-0.39, 0.29) is 0 Å². The first-order chi connectivity index (χ1) is 10.6. The largest absolute Gasteiger partial charge is 0.497 e. The first-order valence-corrected chi connectivity index (χ1v) is 7.86. The van der Waals surface area contributed by atoms with Crippen LogP contribution in [0.5, 0.6) is 11.5 Å². The maximum absolute atomic E-state index is 6.18. The molecule has 0 aromatic heterocycles. The Morgan fingerprint density at radius 1 is 0.955 bits per heavy atom. The molecule has 0 aliphatic rings. The van der Waals surface area contributed by atoms with Crippen molar-refractivity contribution in [1.82, 2.24) is 0 Å². The fourth-order valence-corrected chi connectivity index (χ4v) is 2.78. The molecule has 0 saturated heterocycles. The molecule has 0 aliphatic heterocycles. The fourth-order valence-electron chi connectivity index (χ4n) is 2.28. The molecule has 5 heteroatoms. The Hall–Kier alpha value is -1.42. The van der Waals surface area contributed by atoms with Crippen LogP contribution in [0, 0.1) is 0 Å².